The van der Waals surface area contributed by atoms with Gasteiger partial charge in [0.15, 0.2) is 0 Å². The molecule has 1 N–H and O–H groups in total. The Morgan fingerprint density at radius 1 is 1.33 bits per heavy atom. The number of hydrogen-bond acceptors (Lipinski definition) is 1. The van der Waals surface area contributed by atoms with Crippen LogP contribution in [-0.2, 0) is 16.6 Å². The summed E-state index contributed by atoms with van der Waals surface area (Å²) in [4.78, 5) is 11.1. The van der Waals surface area contributed by atoms with E-state index in [1.807, 2.05) is 0 Å². The van der Waals surface area contributed by atoms with Gasteiger partial charge < -0.3 is 5.32 Å². The molecule has 0 radical (unpaired) electrons. The number of carbonyl (C=O) groups is 1. The molecule has 0 aromatic heterocycles. The lowest BCUT2D eigenvalue weighted by atomic mass is 9.85. The Morgan fingerprint density at radius 2 is 2.00 bits per heavy atom. The highest BCUT2D eigenvalue weighted by molar-refractivity contribution is 6.27. The minimum absolute atomic E-state index is 0.0288. The number of hydrogen-bond donors (Lipinski definition) is 1. The predicted molar refractivity (Wildman–Crippen MR) is 77.3 cm³/mol. The van der Waals surface area contributed by atoms with Crippen molar-refractivity contribution < 1.29 is 4.79 Å². The second-order valence-electron chi connectivity index (χ2n) is 5.62. The Hall–Kier alpha value is -1.02. The Morgan fingerprint density at radius 3 is 2.56 bits per heavy atom. The second-order valence-corrected chi connectivity index (χ2v) is 5.89. The van der Waals surface area contributed by atoms with Crippen molar-refractivity contribution in [2.24, 2.45) is 0 Å². The van der Waals surface area contributed by atoms with Crippen molar-refractivity contribution in [3.05, 3.63) is 34.9 Å². The second kappa shape index (κ2) is 6.24. The Kier molecular flexibility index (Phi) is 5.21. The number of amides is 1. The van der Waals surface area contributed by atoms with Crippen LogP contribution in [-0.4, -0.2) is 18.3 Å². The first-order valence-electron chi connectivity index (χ1n) is 6.27. The predicted octanol–water partition coefficient (Wildman–Crippen LogP) is 3.19. The molecule has 1 aromatic carbocycles. The van der Waals surface area contributed by atoms with E-state index in [1.54, 1.807) is 0 Å². The van der Waals surface area contributed by atoms with Crippen LogP contribution in [0, 0.1) is 6.92 Å². The quantitative estimate of drug-likeness (QED) is 0.834. The molecule has 0 fully saturated rings. The minimum atomic E-state index is -0.110. The fraction of sp³-hybridized carbons (Fsp3) is 0.533. The van der Waals surface area contributed by atoms with Crippen molar-refractivity contribution in [3.8, 4) is 0 Å². The number of carbonyl (C=O) groups excluding carboxylic acids is 1. The maximum absolute atomic E-state index is 11.1. The van der Waals surface area contributed by atoms with Gasteiger partial charge in [-0.05, 0) is 35.4 Å². The van der Waals surface area contributed by atoms with Crippen molar-refractivity contribution in [3.63, 3.8) is 0 Å². The SMILES string of the molecule is Cc1ccc(C(C)(C)C)cc1CCNC(=O)CCl. The van der Waals surface area contributed by atoms with Crippen LogP contribution in [0.4, 0.5) is 0 Å². The number of benzene rings is 1. The van der Waals surface area contributed by atoms with Gasteiger partial charge in [0.05, 0.1) is 0 Å². The third kappa shape index (κ3) is 4.34. The molecule has 0 saturated heterocycles. The van der Waals surface area contributed by atoms with Crippen LogP contribution in [0.5, 0.6) is 0 Å². The number of nitrogens with one attached hydrogen (secondary N) is 1. The van der Waals surface area contributed by atoms with E-state index in [0.717, 1.165) is 6.42 Å². The lowest BCUT2D eigenvalue weighted by molar-refractivity contribution is -0.118. The van der Waals surface area contributed by atoms with Gasteiger partial charge in [0, 0.05) is 6.54 Å². The topological polar surface area (TPSA) is 29.1 Å². The molecule has 0 aliphatic carbocycles. The summed E-state index contributed by atoms with van der Waals surface area (Å²) < 4.78 is 0. The van der Waals surface area contributed by atoms with E-state index >= 15 is 0 Å². The summed E-state index contributed by atoms with van der Waals surface area (Å²) in [7, 11) is 0. The van der Waals surface area contributed by atoms with Crippen molar-refractivity contribution in [1.29, 1.82) is 0 Å². The maximum atomic E-state index is 11.1. The molecular weight excluding hydrogens is 246 g/mol. The monoisotopic (exact) mass is 267 g/mol. The molecule has 0 unspecified atom stereocenters. The average Bonchev–Trinajstić information content (AvgIpc) is 2.29. The van der Waals surface area contributed by atoms with E-state index in [4.69, 9.17) is 11.6 Å². The molecule has 0 atom stereocenters. The van der Waals surface area contributed by atoms with Crippen molar-refractivity contribution in [2.45, 2.75) is 39.5 Å². The maximum Gasteiger partial charge on any atom is 0.234 e. The number of halogens is 1. The molecule has 1 aromatic rings. The first-order valence-corrected chi connectivity index (χ1v) is 6.80. The molecule has 0 spiro atoms. The summed E-state index contributed by atoms with van der Waals surface area (Å²) in [5.41, 5.74) is 4.04. The van der Waals surface area contributed by atoms with Gasteiger partial charge in [-0.25, -0.2) is 0 Å². The van der Waals surface area contributed by atoms with Gasteiger partial charge in [0.25, 0.3) is 0 Å². The van der Waals surface area contributed by atoms with Crippen LogP contribution in [0.15, 0.2) is 18.2 Å². The highest BCUT2D eigenvalue weighted by atomic mass is 35.5. The zero-order valence-electron chi connectivity index (χ0n) is 11.6. The van der Waals surface area contributed by atoms with Crippen LogP contribution in [0.3, 0.4) is 0 Å². The molecule has 0 bridgehead atoms. The van der Waals surface area contributed by atoms with E-state index in [-0.39, 0.29) is 17.2 Å². The molecule has 0 aliphatic heterocycles. The van der Waals surface area contributed by atoms with Crippen LogP contribution in [0.25, 0.3) is 0 Å². The number of rotatable bonds is 4. The molecule has 0 heterocycles. The highest BCUT2D eigenvalue weighted by Crippen LogP contribution is 2.24. The summed E-state index contributed by atoms with van der Waals surface area (Å²) in [6, 6.07) is 6.57. The van der Waals surface area contributed by atoms with E-state index in [1.165, 1.54) is 16.7 Å². The van der Waals surface area contributed by atoms with E-state index in [0.29, 0.717) is 6.54 Å². The van der Waals surface area contributed by atoms with Gasteiger partial charge in [0.1, 0.15) is 5.88 Å². The summed E-state index contributed by atoms with van der Waals surface area (Å²) in [5, 5.41) is 2.80. The zero-order chi connectivity index (χ0) is 13.8. The third-order valence-corrected chi connectivity index (χ3v) is 3.30. The molecule has 1 rings (SSSR count). The Labute approximate surface area is 115 Å². The smallest absolute Gasteiger partial charge is 0.234 e. The molecular formula is C15H22ClNO. The van der Waals surface area contributed by atoms with Crippen molar-refractivity contribution >= 4 is 17.5 Å². The Bertz CT molecular complexity index is 421. The van der Waals surface area contributed by atoms with Crippen LogP contribution in [0.1, 0.15) is 37.5 Å². The molecule has 0 saturated carbocycles. The molecule has 100 valence electrons. The molecule has 3 heteroatoms. The summed E-state index contributed by atoms with van der Waals surface area (Å²) in [6.45, 7) is 9.36. The largest absolute Gasteiger partial charge is 0.355 e. The van der Waals surface area contributed by atoms with Crippen LogP contribution in [0.2, 0.25) is 0 Å². The van der Waals surface area contributed by atoms with Gasteiger partial charge >= 0.3 is 0 Å². The van der Waals surface area contributed by atoms with Gasteiger partial charge in [-0.3, -0.25) is 4.79 Å². The zero-order valence-corrected chi connectivity index (χ0v) is 12.4. The van der Waals surface area contributed by atoms with E-state index in [9.17, 15) is 4.79 Å². The number of aryl methyl sites for hydroxylation is 1. The standard InChI is InChI=1S/C15H22ClNO/c1-11-5-6-13(15(2,3)4)9-12(11)7-8-17-14(18)10-16/h5-6,9H,7-8,10H2,1-4H3,(H,17,18). The van der Waals surface area contributed by atoms with Crippen molar-refractivity contribution in [2.75, 3.05) is 12.4 Å². The highest BCUT2D eigenvalue weighted by Gasteiger charge is 2.14. The first kappa shape index (κ1) is 15.0. The fourth-order valence-electron chi connectivity index (χ4n) is 1.79. The summed E-state index contributed by atoms with van der Waals surface area (Å²) in [6.07, 6.45) is 0.846. The molecule has 1 amide bonds. The summed E-state index contributed by atoms with van der Waals surface area (Å²) in [5.74, 6) is -0.0811. The molecule has 2 nitrogen and oxygen atoms in total. The lowest BCUT2D eigenvalue weighted by Crippen LogP contribution is -2.26. The Balaban J connectivity index is 2.73. The van der Waals surface area contributed by atoms with Crippen LogP contribution < -0.4 is 5.32 Å². The van der Waals surface area contributed by atoms with E-state index in [2.05, 4.69) is 51.2 Å². The van der Waals surface area contributed by atoms with E-state index < -0.39 is 0 Å². The van der Waals surface area contributed by atoms with Crippen molar-refractivity contribution in [1.82, 2.24) is 5.32 Å². The van der Waals surface area contributed by atoms with Crippen LogP contribution >= 0.6 is 11.6 Å². The molecule has 0 aliphatic rings. The third-order valence-electron chi connectivity index (χ3n) is 3.05. The fourth-order valence-corrected chi connectivity index (χ4v) is 1.89. The van der Waals surface area contributed by atoms with Gasteiger partial charge in [0.2, 0.25) is 5.91 Å². The minimum Gasteiger partial charge on any atom is -0.355 e. The molecule has 18 heavy (non-hydrogen) atoms. The van der Waals surface area contributed by atoms with Gasteiger partial charge in [-0.15, -0.1) is 11.6 Å². The first-order chi connectivity index (χ1) is 8.34. The summed E-state index contributed by atoms with van der Waals surface area (Å²) >= 11 is 5.44. The number of alkyl halides is 1. The van der Waals surface area contributed by atoms with Gasteiger partial charge in [-0.1, -0.05) is 39.0 Å². The lowest BCUT2D eigenvalue weighted by Gasteiger charge is -2.21. The normalized spacial score (nSPS) is 11.4. The van der Waals surface area contributed by atoms with Gasteiger partial charge in [-0.2, -0.15) is 0 Å². The average molecular weight is 268 g/mol.